The lowest BCUT2D eigenvalue weighted by atomic mass is 10.1. The van der Waals surface area contributed by atoms with Gasteiger partial charge in [-0.05, 0) is 13.3 Å². The van der Waals surface area contributed by atoms with Crippen LogP contribution in [-0.4, -0.2) is 29.6 Å². The monoisotopic (exact) mass is 286 g/mol. The number of unbranched alkanes of at least 4 members (excludes halogenated alkanes) is 8. The Morgan fingerprint density at radius 1 is 0.950 bits per heavy atom. The van der Waals surface area contributed by atoms with Gasteiger partial charge >= 0.3 is 5.97 Å². The molecule has 0 aromatic carbocycles. The lowest BCUT2D eigenvalue weighted by Crippen LogP contribution is -2.23. The molecule has 4 heteroatoms. The smallest absolute Gasteiger partial charge is 0.306 e. The minimum absolute atomic E-state index is 0.312. The standard InChI is InChI=1S/C16H30O4/c1-3-4-5-6-7-8-9-10-11-12-16(19)20-13-15(18)14(2)17/h14,17H,3-13H2,1-2H3. The molecule has 0 bridgehead atoms. The molecule has 0 aliphatic rings. The molecule has 1 unspecified atom stereocenters. The van der Waals surface area contributed by atoms with Gasteiger partial charge in [0.2, 0.25) is 0 Å². The van der Waals surface area contributed by atoms with Crippen LogP contribution in [0.25, 0.3) is 0 Å². The van der Waals surface area contributed by atoms with Crippen LogP contribution in [0, 0.1) is 0 Å². The number of aliphatic hydroxyl groups is 1. The average Bonchev–Trinajstić information content (AvgIpc) is 2.42. The summed E-state index contributed by atoms with van der Waals surface area (Å²) in [5.41, 5.74) is 0. The summed E-state index contributed by atoms with van der Waals surface area (Å²) >= 11 is 0. The van der Waals surface area contributed by atoms with Crippen molar-refractivity contribution < 1.29 is 19.4 Å². The Labute approximate surface area is 122 Å². The highest BCUT2D eigenvalue weighted by Gasteiger charge is 2.11. The van der Waals surface area contributed by atoms with E-state index in [9.17, 15) is 9.59 Å². The fourth-order valence-corrected chi connectivity index (χ4v) is 1.92. The van der Waals surface area contributed by atoms with Crippen LogP contribution < -0.4 is 0 Å². The molecular weight excluding hydrogens is 256 g/mol. The zero-order chi connectivity index (χ0) is 15.2. The lowest BCUT2D eigenvalue weighted by Gasteiger charge is -2.05. The summed E-state index contributed by atoms with van der Waals surface area (Å²) in [4.78, 5) is 22.4. The van der Waals surface area contributed by atoms with Crippen LogP contribution in [0.4, 0.5) is 0 Å². The van der Waals surface area contributed by atoms with Gasteiger partial charge in [-0.3, -0.25) is 9.59 Å². The molecule has 0 saturated carbocycles. The molecule has 0 fully saturated rings. The number of hydrogen-bond donors (Lipinski definition) is 1. The van der Waals surface area contributed by atoms with Crippen molar-refractivity contribution in [2.45, 2.75) is 84.2 Å². The summed E-state index contributed by atoms with van der Waals surface area (Å²) in [6.07, 6.45) is 10.1. The maximum absolute atomic E-state index is 11.3. The van der Waals surface area contributed by atoms with E-state index in [1.807, 2.05) is 0 Å². The van der Waals surface area contributed by atoms with Gasteiger partial charge in [0.25, 0.3) is 0 Å². The Hall–Kier alpha value is -0.900. The van der Waals surface area contributed by atoms with Gasteiger partial charge in [-0.1, -0.05) is 58.3 Å². The van der Waals surface area contributed by atoms with E-state index >= 15 is 0 Å². The molecule has 0 heterocycles. The number of carbonyl (C=O) groups excluding carboxylic acids is 2. The summed E-state index contributed by atoms with van der Waals surface area (Å²) in [6.45, 7) is 3.28. The first-order chi connectivity index (χ1) is 9.57. The van der Waals surface area contributed by atoms with E-state index in [1.165, 1.54) is 45.4 Å². The normalized spacial score (nSPS) is 12.2. The van der Waals surface area contributed by atoms with Crippen LogP contribution in [0.2, 0.25) is 0 Å². The average molecular weight is 286 g/mol. The maximum atomic E-state index is 11.3. The lowest BCUT2D eigenvalue weighted by molar-refractivity contribution is -0.150. The minimum Gasteiger partial charge on any atom is -0.458 e. The second kappa shape index (κ2) is 13.1. The van der Waals surface area contributed by atoms with Crippen molar-refractivity contribution in [1.82, 2.24) is 0 Å². The number of ketones is 1. The SMILES string of the molecule is CCCCCCCCCCCC(=O)OCC(=O)C(C)O. The minimum atomic E-state index is -1.06. The third-order valence-corrected chi connectivity index (χ3v) is 3.33. The van der Waals surface area contributed by atoms with E-state index < -0.39 is 11.9 Å². The van der Waals surface area contributed by atoms with E-state index in [0.717, 1.165) is 19.3 Å². The molecule has 0 aromatic rings. The molecule has 0 radical (unpaired) electrons. The molecule has 0 rings (SSSR count). The van der Waals surface area contributed by atoms with Crippen LogP contribution in [0.3, 0.4) is 0 Å². The van der Waals surface area contributed by atoms with Gasteiger partial charge in [0.1, 0.15) is 6.10 Å². The second-order valence-electron chi connectivity index (χ2n) is 5.38. The second-order valence-corrected chi connectivity index (χ2v) is 5.38. The van der Waals surface area contributed by atoms with Crippen molar-refractivity contribution >= 4 is 11.8 Å². The quantitative estimate of drug-likeness (QED) is 0.416. The van der Waals surface area contributed by atoms with Crippen molar-refractivity contribution in [3.05, 3.63) is 0 Å². The predicted octanol–water partition coefficient (Wildman–Crippen LogP) is 3.40. The summed E-state index contributed by atoms with van der Waals surface area (Å²) in [5.74, 6) is -0.799. The Bertz CT molecular complexity index is 261. The number of aliphatic hydroxyl groups excluding tert-OH is 1. The van der Waals surface area contributed by atoms with Crippen molar-refractivity contribution in [1.29, 1.82) is 0 Å². The Balaban J connectivity index is 3.29. The molecule has 0 saturated heterocycles. The highest BCUT2D eigenvalue weighted by molar-refractivity contribution is 5.85. The van der Waals surface area contributed by atoms with Crippen LogP contribution >= 0.6 is 0 Å². The molecule has 0 aliphatic heterocycles. The summed E-state index contributed by atoms with van der Waals surface area (Å²) in [7, 11) is 0. The molecule has 118 valence electrons. The number of ether oxygens (including phenoxy) is 1. The third-order valence-electron chi connectivity index (χ3n) is 3.33. The summed E-state index contributed by atoms with van der Waals surface area (Å²) in [6, 6.07) is 0. The third kappa shape index (κ3) is 12.2. The van der Waals surface area contributed by atoms with Gasteiger partial charge in [-0.15, -0.1) is 0 Å². The molecule has 1 atom stereocenters. The number of carbonyl (C=O) groups is 2. The maximum Gasteiger partial charge on any atom is 0.306 e. The number of esters is 1. The van der Waals surface area contributed by atoms with Crippen molar-refractivity contribution in [3.63, 3.8) is 0 Å². The first-order valence-electron chi connectivity index (χ1n) is 7.94. The zero-order valence-corrected chi connectivity index (χ0v) is 13.0. The van der Waals surface area contributed by atoms with Gasteiger partial charge in [-0.2, -0.15) is 0 Å². The van der Waals surface area contributed by atoms with Gasteiger partial charge in [-0.25, -0.2) is 0 Å². The summed E-state index contributed by atoms with van der Waals surface area (Å²) < 4.78 is 4.79. The van der Waals surface area contributed by atoms with Gasteiger partial charge in [0, 0.05) is 6.42 Å². The molecule has 0 aliphatic carbocycles. The molecule has 0 aromatic heterocycles. The number of Topliss-reactive ketones (excluding diaryl/α,β-unsaturated/α-hetero) is 1. The Morgan fingerprint density at radius 2 is 1.45 bits per heavy atom. The first-order valence-corrected chi connectivity index (χ1v) is 7.94. The van der Waals surface area contributed by atoms with E-state index in [2.05, 4.69) is 6.92 Å². The highest BCUT2D eigenvalue weighted by Crippen LogP contribution is 2.10. The van der Waals surface area contributed by atoms with Crippen molar-refractivity contribution in [2.24, 2.45) is 0 Å². The molecular formula is C16H30O4. The van der Waals surface area contributed by atoms with Crippen LogP contribution in [-0.2, 0) is 14.3 Å². The Morgan fingerprint density at radius 3 is 1.95 bits per heavy atom. The van der Waals surface area contributed by atoms with E-state index in [1.54, 1.807) is 0 Å². The molecule has 0 amide bonds. The molecule has 20 heavy (non-hydrogen) atoms. The molecule has 0 spiro atoms. The topological polar surface area (TPSA) is 63.6 Å². The Kier molecular flexibility index (Phi) is 12.5. The number of hydrogen-bond acceptors (Lipinski definition) is 4. The van der Waals surface area contributed by atoms with Crippen LogP contribution in [0.1, 0.15) is 78.1 Å². The fourth-order valence-electron chi connectivity index (χ4n) is 1.92. The van der Waals surface area contributed by atoms with Crippen LogP contribution in [0.15, 0.2) is 0 Å². The van der Waals surface area contributed by atoms with Gasteiger partial charge in [0.05, 0.1) is 0 Å². The zero-order valence-electron chi connectivity index (χ0n) is 13.0. The van der Waals surface area contributed by atoms with Gasteiger partial charge < -0.3 is 9.84 Å². The summed E-state index contributed by atoms with van der Waals surface area (Å²) in [5, 5.41) is 8.94. The van der Waals surface area contributed by atoms with E-state index in [-0.39, 0.29) is 12.6 Å². The number of rotatable bonds is 13. The van der Waals surface area contributed by atoms with Crippen molar-refractivity contribution in [3.8, 4) is 0 Å². The first kappa shape index (κ1) is 19.1. The fraction of sp³-hybridized carbons (Fsp3) is 0.875. The predicted molar refractivity (Wildman–Crippen MR) is 79.5 cm³/mol. The molecule has 1 N–H and O–H groups in total. The van der Waals surface area contributed by atoms with Crippen molar-refractivity contribution in [2.75, 3.05) is 6.61 Å². The molecule has 4 nitrogen and oxygen atoms in total. The van der Waals surface area contributed by atoms with E-state index in [0.29, 0.717) is 6.42 Å². The largest absolute Gasteiger partial charge is 0.458 e. The highest BCUT2D eigenvalue weighted by atomic mass is 16.5. The van der Waals surface area contributed by atoms with Gasteiger partial charge in [0.15, 0.2) is 12.4 Å². The van der Waals surface area contributed by atoms with Crippen LogP contribution in [0.5, 0.6) is 0 Å². The van der Waals surface area contributed by atoms with E-state index in [4.69, 9.17) is 9.84 Å².